The van der Waals surface area contributed by atoms with Crippen LogP contribution in [0.15, 0.2) is 30.6 Å². The number of aromatic nitrogens is 1. The van der Waals surface area contributed by atoms with E-state index in [1.54, 1.807) is 25.1 Å². The summed E-state index contributed by atoms with van der Waals surface area (Å²) in [5.74, 6) is 0. The van der Waals surface area contributed by atoms with Crippen molar-refractivity contribution < 1.29 is 16.6 Å². The SMILES string of the molecule is CCOS(=O)(=O)[n+]1ccccc1. The van der Waals surface area contributed by atoms with Gasteiger partial charge >= 0.3 is 10.3 Å². The van der Waals surface area contributed by atoms with E-state index in [1.165, 1.54) is 12.4 Å². The molecule has 0 aromatic carbocycles. The van der Waals surface area contributed by atoms with Crippen molar-refractivity contribution in [3.05, 3.63) is 30.6 Å². The summed E-state index contributed by atoms with van der Waals surface area (Å²) in [4.78, 5) is 0. The molecule has 0 aliphatic rings. The molecule has 0 saturated carbocycles. The van der Waals surface area contributed by atoms with Crippen molar-refractivity contribution in [2.24, 2.45) is 0 Å². The van der Waals surface area contributed by atoms with Gasteiger partial charge in [0.1, 0.15) is 0 Å². The van der Waals surface area contributed by atoms with Crippen LogP contribution in [0.1, 0.15) is 6.92 Å². The van der Waals surface area contributed by atoms with Crippen LogP contribution in [0.2, 0.25) is 0 Å². The van der Waals surface area contributed by atoms with Crippen molar-refractivity contribution in [3.8, 4) is 0 Å². The molecule has 66 valence electrons. The van der Waals surface area contributed by atoms with Crippen molar-refractivity contribution in [1.82, 2.24) is 0 Å². The zero-order chi connectivity index (χ0) is 9.03. The van der Waals surface area contributed by atoms with E-state index in [4.69, 9.17) is 0 Å². The first kappa shape index (κ1) is 9.15. The third kappa shape index (κ3) is 2.02. The second kappa shape index (κ2) is 3.64. The Balaban J connectivity index is 2.99. The summed E-state index contributed by atoms with van der Waals surface area (Å²) in [6, 6.07) is 4.98. The van der Waals surface area contributed by atoms with E-state index in [9.17, 15) is 8.42 Å². The Kier molecular flexibility index (Phi) is 2.78. The molecule has 0 radical (unpaired) electrons. The molecule has 0 N–H and O–H groups in total. The fourth-order valence-electron chi connectivity index (χ4n) is 0.742. The van der Waals surface area contributed by atoms with E-state index in [0.29, 0.717) is 0 Å². The predicted octanol–water partition coefficient (Wildman–Crippen LogP) is 0.103. The fraction of sp³-hybridized carbons (Fsp3) is 0.286. The summed E-state index contributed by atoms with van der Waals surface area (Å²) in [6.07, 6.45) is 2.84. The highest BCUT2D eigenvalue weighted by Crippen LogP contribution is 1.87. The molecule has 4 nitrogen and oxygen atoms in total. The Morgan fingerprint density at radius 2 is 1.83 bits per heavy atom. The molecule has 0 saturated heterocycles. The Bertz CT molecular complexity index is 333. The van der Waals surface area contributed by atoms with E-state index in [-0.39, 0.29) is 6.61 Å². The molecule has 0 amide bonds. The van der Waals surface area contributed by atoms with Gasteiger partial charge in [-0.3, -0.25) is 0 Å². The molecule has 1 heterocycles. The molecule has 1 aromatic heterocycles. The number of pyridine rings is 1. The van der Waals surface area contributed by atoms with Gasteiger partial charge in [-0.1, -0.05) is 10.0 Å². The van der Waals surface area contributed by atoms with Crippen LogP contribution in [0.3, 0.4) is 0 Å². The largest absolute Gasteiger partial charge is 0.513 e. The molecule has 0 fully saturated rings. The van der Waals surface area contributed by atoms with Gasteiger partial charge in [-0.15, -0.1) is 8.42 Å². The van der Waals surface area contributed by atoms with Crippen LogP contribution in [0.4, 0.5) is 0 Å². The Morgan fingerprint density at radius 3 is 2.33 bits per heavy atom. The highest BCUT2D eigenvalue weighted by Gasteiger charge is 2.20. The molecule has 1 rings (SSSR count). The number of hydrogen-bond acceptors (Lipinski definition) is 3. The van der Waals surface area contributed by atoms with Crippen LogP contribution in [-0.4, -0.2) is 15.0 Å². The normalized spacial score (nSPS) is 11.4. The van der Waals surface area contributed by atoms with E-state index in [2.05, 4.69) is 4.18 Å². The smallest absolute Gasteiger partial charge is 0.218 e. The first-order chi connectivity index (χ1) is 5.67. The first-order valence-corrected chi connectivity index (χ1v) is 4.89. The molecule has 5 heteroatoms. The molecule has 0 bridgehead atoms. The maximum Gasteiger partial charge on any atom is 0.513 e. The van der Waals surface area contributed by atoms with Crippen molar-refractivity contribution in [2.75, 3.05) is 6.61 Å². The van der Waals surface area contributed by atoms with Crippen LogP contribution in [-0.2, 0) is 14.5 Å². The van der Waals surface area contributed by atoms with Gasteiger partial charge in [0.2, 0.25) is 0 Å². The molecule has 0 aliphatic carbocycles. The minimum absolute atomic E-state index is 0.143. The number of rotatable bonds is 3. The quantitative estimate of drug-likeness (QED) is 0.632. The third-order valence-corrected chi connectivity index (χ3v) is 2.51. The van der Waals surface area contributed by atoms with Crippen molar-refractivity contribution in [2.45, 2.75) is 6.92 Å². The highest BCUT2D eigenvalue weighted by atomic mass is 32.2. The zero-order valence-electron chi connectivity index (χ0n) is 6.67. The molecule has 12 heavy (non-hydrogen) atoms. The van der Waals surface area contributed by atoms with Crippen LogP contribution < -0.4 is 3.97 Å². The highest BCUT2D eigenvalue weighted by molar-refractivity contribution is 7.80. The van der Waals surface area contributed by atoms with Gasteiger partial charge in [0, 0.05) is 12.1 Å². The lowest BCUT2D eigenvalue weighted by atomic mass is 10.5. The summed E-state index contributed by atoms with van der Waals surface area (Å²) in [6.45, 7) is 1.77. The third-order valence-electron chi connectivity index (χ3n) is 1.21. The van der Waals surface area contributed by atoms with E-state index in [0.717, 1.165) is 3.97 Å². The summed E-state index contributed by atoms with van der Waals surface area (Å²) in [5, 5.41) is 0. The molecule has 0 unspecified atom stereocenters. The topological polar surface area (TPSA) is 47.3 Å². The van der Waals surface area contributed by atoms with Crippen LogP contribution >= 0.6 is 0 Å². The summed E-state index contributed by atoms with van der Waals surface area (Å²) in [7, 11) is -3.59. The Hall–Kier alpha value is -0.940. The van der Waals surface area contributed by atoms with E-state index in [1.807, 2.05) is 0 Å². The molecule has 0 spiro atoms. The second-order valence-corrected chi connectivity index (χ2v) is 3.58. The van der Waals surface area contributed by atoms with Crippen molar-refractivity contribution in [1.29, 1.82) is 0 Å². The summed E-state index contributed by atoms with van der Waals surface area (Å²) >= 11 is 0. The van der Waals surface area contributed by atoms with Gasteiger partial charge in [0.25, 0.3) is 0 Å². The first-order valence-electron chi connectivity index (χ1n) is 3.53. The lowest BCUT2D eigenvalue weighted by Crippen LogP contribution is -2.42. The van der Waals surface area contributed by atoms with E-state index >= 15 is 0 Å². The zero-order valence-corrected chi connectivity index (χ0v) is 7.49. The fourth-order valence-corrected chi connectivity index (χ4v) is 1.60. The molecular formula is C7H10NO3S+. The maximum absolute atomic E-state index is 11.2. The standard InChI is InChI=1S/C7H10NO3S/c1-2-11-12(9,10)8-6-4-3-5-7-8/h3-7H,2H2,1H3/q+1. The Labute approximate surface area is 71.7 Å². The predicted molar refractivity (Wildman–Crippen MR) is 42.6 cm³/mol. The second-order valence-electron chi connectivity index (χ2n) is 2.07. The van der Waals surface area contributed by atoms with Crippen LogP contribution in [0.25, 0.3) is 0 Å². The number of nitrogens with zero attached hydrogens (tertiary/aromatic N) is 1. The molecular weight excluding hydrogens is 178 g/mol. The van der Waals surface area contributed by atoms with Gasteiger partial charge in [-0.05, 0) is 6.92 Å². The monoisotopic (exact) mass is 188 g/mol. The van der Waals surface area contributed by atoms with Crippen molar-refractivity contribution in [3.63, 3.8) is 0 Å². The number of hydrogen-bond donors (Lipinski definition) is 0. The van der Waals surface area contributed by atoms with Crippen LogP contribution in [0.5, 0.6) is 0 Å². The van der Waals surface area contributed by atoms with Crippen LogP contribution in [0, 0.1) is 0 Å². The van der Waals surface area contributed by atoms with Gasteiger partial charge in [-0.2, -0.15) is 0 Å². The minimum Gasteiger partial charge on any atom is -0.218 e. The molecule has 0 atom stereocenters. The minimum atomic E-state index is -3.59. The van der Waals surface area contributed by atoms with Gasteiger partial charge in [-0.25, -0.2) is 4.18 Å². The molecule has 1 aromatic rings. The van der Waals surface area contributed by atoms with Crippen molar-refractivity contribution >= 4 is 10.3 Å². The van der Waals surface area contributed by atoms with E-state index < -0.39 is 10.3 Å². The summed E-state index contributed by atoms with van der Waals surface area (Å²) < 4.78 is 27.9. The van der Waals surface area contributed by atoms with Gasteiger partial charge in [0.15, 0.2) is 12.4 Å². The Morgan fingerprint density at radius 1 is 1.25 bits per heavy atom. The maximum atomic E-state index is 11.2. The average molecular weight is 188 g/mol. The van der Waals surface area contributed by atoms with Gasteiger partial charge < -0.3 is 0 Å². The lowest BCUT2D eigenvalue weighted by molar-refractivity contribution is -0.520. The summed E-state index contributed by atoms with van der Waals surface area (Å²) in [5.41, 5.74) is 0. The average Bonchev–Trinajstić information content (AvgIpc) is 2.06. The lowest BCUT2D eigenvalue weighted by Gasteiger charge is -1.94. The molecule has 0 aliphatic heterocycles. The van der Waals surface area contributed by atoms with Gasteiger partial charge in [0.05, 0.1) is 6.61 Å².